The Morgan fingerprint density at radius 2 is 2.06 bits per heavy atom. The minimum atomic E-state index is -0.496. The van der Waals surface area contributed by atoms with Crippen LogP contribution in [0.25, 0.3) is 16.6 Å². The number of nitrogens with one attached hydrogen (secondary N) is 1. The van der Waals surface area contributed by atoms with Gasteiger partial charge in [-0.3, -0.25) is 9.48 Å². The lowest BCUT2D eigenvalue weighted by Gasteiger charge is -2.50. The van der Waals surface area contributed by atoms with Gasteiger partial charge in [-0.05, 0) is 44.1 Å². The van der Waals surface area contributed by atoms with Crippen LogP contribution in [0.3, 0.4) is 0 Å². The van der Waals surface area contributed by atoms with E-state index in [0.29, 0.717) is 29.0 Å². The molecule has 1 N–H and O–H groups in total. The Bertz CT molecular complexity index is 1540. The number of fused-ring (bicyclic) bond motifs is 2. The molecule has 1 amide bonds. The molecule has 182 valence electrons. The summed E-state index contributed by atoms with van der Waals surface area (Å²) in [5.74, 6) is 1.67. The number of nitriles is 1. The predicted molar refractivity (Wildman–Crippen MR) is 138 cm³/mol. The Hall–Kier alpha value is -3.87. The van der Waals surface area contributed by atoms with Crippen molar-refractivity contribution in [1.82, 2.24) is 19.2 Å². The maximum atomic E-state index is 14.5. The Kier molecular flexibility index (Phi) is 5.25. The van der Waals surface area contributed by atoms with Crippen molar-refractivity contribution in [2.75, 3.05) is 23.3 Å². The Balaban J connectivity index is 1.30. The highest BCUT2D eigenvalue weighted by atomic mass is 19.1. The highest BCUT2D eigenvalue weighted by molar-refractivity contribution is 6.73. The molecule has 0 radical (unpaired) electrons. The summed E-state index contributed by atoms with van der Waals surface area (Å²) in [4.78, 5) is 19.8. The van der Waals surface area contributed by atoms with Crippen LogP contribution >= 0.6 is 0 Å². The van der Waals surface area contributed by atoms with Gasteiger partial charge in [0.2, 0.25) is 0 Å². The zero-order valence-electron chi connectivity index (χ0n) is 20.5. The number of amides is 1. The molecule has 5 heterocycles. The lowest BCUT2D eigenvalue weighted by Crippen LogP contribution is -2.49. The first kappa shape index (κ1) is 22.6. The number of carbonyl (C=O) groups excluding carboxylic acids is 1. The number of pyridine rings is 1. The Morgan fingerprint density at radius 3 is 2.75 bits per heavy atom. The van der Waals surface area contributed by atoms with Crippen LogP contribution in [0.5, 0.6) is 0 Å². The summed E-state index contributed by atoms with van der Waals surface area (Å²) in [6.07, 6.45) is 9.56. The molecule has 10 heteroatoms. The van der Waals surface area contributed by atoms with Crippen LogP contribution in [0.4, 0.5) is 15.8 Å². The average Bonchev–Trinajstić information content (AvgIpc) is 3.46. The van der Waals surface area contributed by atoms with Crippen molar-refractivity contribution < 1.29 is 9.18 Å². The van der Waals surface area contributed by atoms with Crippen molar-refractivity contribution in [3.8, 4) is 5.97 Å². The third-order valence-corrected chi connectivity index (χ3v) is 8.08. The molecular weight excluding hydrogens is 456 g/mol. The van der Waals surface area contributed by atoms with Gasteiger partial charge in [0.25, 0.3) is 12.6 Å². The van der Waals surface area contributed by atoms with E-state index in [-0.39, 0.29) is 23.6 Å². The van der Waals surface area contributed by atoms with Crippen LogP contribution < -0.4 is 10.2 Å². The molecule has 1 spiro atoms. The lowest BCUT2D eigenvalue weighted by atomic mass is 9.20. The van der Waals surface area contributed by atoms with Gasteiger partial charge in [0.1, 0.15) is 5.52 Å². The molecule has 0 bridgehead atoms. The number of rotatable bonds is 4. The number of halogens is 1. The number of anilines is 2. The second-order valence-corrected chi connectivity index (χ2v) is 10.1. The number of aryl methyl sites for hydroxylation is 2. The van der Waals surface area contributed by atoms with Gasteiger partial charge in [-0.1, -0.05) is 12.7 Å². The molecule has 2 aliphatic rings. The zero-order chi connectivity index (χ0) is 25.0. The van der Waals surface area contributed by atoms with Crippen molar-refractivity contribution in [1.29, 1.82) is 5.26 Å². The van der Waals surface area contributed by atoms with Gasteiger partial charge in [0.05, 0.1) is 16.9 Å². The van der Waals surface area contributed by atoms with Crippen LogP contribution in [0.2, 0.25) is 11.6 Å². The minimum Gasteiger partial charge on any atom is -0.371 e. The maximum absolute atomic E-state index is 14.5. The van der Waals surface area contributed by atoms with Gasteiger partial charge in [0, 0.05) is 61.3 Å². The van der Waals surface area contributed by atoms with E-state index < -0.39 is 5.82 Å². The topological polar surface area (TPSA) is 91.2 Å². The van der Waals surface area contributed by atoms with Crippen molar-refractivity contribution in [3.63, 3.8) is 0 Å². The average molecular weight is 483 g/mol. The number of imidazole rings is 1. The molecule has 3 aromatic heterocycles. The Labute approximate surface area is 208 Å². The summed E-state index contributed by atoms with van der Waals surface area (Å²) in [5.41, 5.74) is 3.41. The molecule has 1 aromatic carbocycles. The monoisotopic (exact) mass is 483 g/mol. The van der Waals surface area contributed by atoms with E-state index in [1.807, 2.05) is 29.9 Å². The largest absolute Gasteiger partial charge is 0.371 e. The van der Waals surface area contributed by atoms with E-state index >= 15 is 0 Å². The molecule has 0 saturated carbocycles. The molecule has 0 aliphatic carbocycles. The van der Waals surface area contributed by atoms with Gasteiger partial charge < -0.3 is 14.6 Å². The van der Waals surface area contributed by atoms with Gasteiger partial charge in [-0.2, -0.15) is 5.10 Å². The molecule has 0 atom stereocenters. The highest BCUT2D eigenvalue weighted by Gasteiger charge is 2.51. The van der Waals surface area contributed by atoms with E-state index in [4.69, 9.17) is 5.10 Å². The molecule has 2 fully saturated rings. The fourth-order valence-electron chi connectivity index (χ4n) is 5.90. The second-order valence-electron chi connectivity index (χ2n) is 10.1. The van der Waals surface area contributed by atoms with Gasteiger partial charge >= 0.3 is 0 Å². The highest BCUT2D eigenvalue weighted by Crippen LogP contribution is 2.55. The fourth-order valence-corrected chi connectivity index (χ4v) is 5.90. The zero-order valence-corrected chi connectivity index (χ0v) is 20.5. The number of aromatic nitrogens is 4. The third kappa shape index (κ3) is 3.53. The van der Waals surface area contributed by atoms with Crippen LogP contribution in [-0.4, -0.2) is 44.9 Å². The molecule has 6 rings (SSSR count). The third-order valence-electron chi connectivity index (χ3n) is 8.08. The van der Waals surface area contributed by atoms with Crippen LogP contribution in [-0.2, 0) is 6.54 Å². The van der Waals surface area contributed by atoms with E-state index in [0.717, 1.165) is 49.7 Å². The van der Waals surface area contributed by atoms with Crippen LogP contribution in [0, 0.1) is 24.0 Å². The molecule has 2 saturated heterocycles. The predicted octanol–water partition coefficient (Wildman–Crippen LogP) is 4.71. The number of hydrogen-bond acceptors (Lipinski definition) is 5. The molecular formula is C26H27BFN7O. The van der Waals surface area contributed by atoms with Gasteiger partial charge in [-0.25, -0.2) is 14.6 Å². The van der Waals surface area contributed by atoms with Gasteiger partial charge in [0.15, 0.2) is 11.5 Å². The first-order valence-corrected chi connectivity index (χ1v) is 12.5. The summed E-state index contributed by atoms with van der Waals surface area (Å²) in [6, 6.07) is 5.08. The first-order chi connectivity index (χ1) is 17.4. The van der Waals surface area contributed by atoms with E-state index in [1.165, 1.54) is 6.07 Å². The quantitative estimate of drug-likeness (QED) is 0.425. The number of piperidine rings is 1. The second kappa shape index (κ2) is 8.37. The summed E-state index contributed by atoms with van der Waals surface area (Å²) < 4.78 is 17.9. The minimum absolute atomic E-state index is 0.182. The number of hydrogen-bond donors (Lipinski definition) is 1. The fraction of sp³-hybridized carbons (Fsp3) is 0.385. The molecule has 2 aliphatic heterocycles. The van der Waals surface area contributed by atoms with E-state index in [2.05, 4.69) is 21.2 Å². The standard InChI is InChI=1S/C26H27BFN7O/c1-3-35-15-20-22(33-10-7-26(8-11-33)6-9-27(26)16-29)5-4-19(23(20)32-35)25(36)31-18-12-21(28)24-30-17(2)13-34(24)14-18/h4-5,12-15H,3,6-11H2,1-2H3,(H,31,36). The summed E-state index contributed by atoms with van der Waals surface area (Å²) in [7, 11) is 0. The van der Waals surface area contributed by atoms with Gasteiger partial charge in [-0.15, -0.1) is 0 Å². The van der Waals surface area contributed by atoms with Crippen molar-refractivity contribution in [2.45, 2.75) is 51.3 Å². The van der Waals surface area contributed by atoms with Crippen LogP contribution in [0.1, 0.15) is 42.2 Å². The molecule has 36 heavy (non-hydrogen) atoms. The molecule has 4 aromatic rings. The summed E-state index contributed by atoms with van der Waals surface area (Å²) in [5, 5.41) is 18.1. The number of nitrogens with zero attached hydrogens (tertiary/aromatic N) is 6. The van der Waals surface area contributed by atoms with E-state index in [1.54, 1.807) is 23.7 Å². The maximum Gasteiger partial charge on any atom is 0.274 e. The molecule has 8 nitrogen and oxygen atoms in total. The summed E-state index contributed by atoms with van der Waals surface area (Å²) >= 11 is 0. The van der Waals surface area contributed by atoms with Crippen molar-refractivity contribution in [2.24, 2.45) is 0 Å². The van der Waals surface area contributed by atoms with Crippen molar-refractivity contribution in [3.05, 3.63) is 53.9 Å². The van der Waals surface area contributed by atoms with E-state index in [9.17, 15) is 14.4 Å². The SMILES string of the molecule is CCn1cc2c(N3CCC4(CCB4C#N)CC3)ccc(C(=O)Nc3cc(F)c4nc(C)cn4c3)c2n1. The van der Waals surface area contributed by atoms with Crippen molar-refractivity contribution >= 4 is 40.5 Å². The number of benzene rings is 1. The summed E-state index contributed by atoms with van der Waals surface area (Å²) in [6.45, 7) is 6.45. The smallest absolute Gasteiger partial charge is 0.274 e. The lowest BCUT2D eigenvalue weighted by molar-refractivity contribution is 0.102. The first-order valence-electron chi connectivity index (χ1n) is 12.5. The molecule has 0 unspecified atom stereocenters. The number of carbonyl (C=O) groups is 1. The Morgan fingerprint density at radius 1 is 1.25 bits per heavy atom. The van der Waals surface area contributed by atoms with Crippen LogP contribution in [0.15, 0.2) is 36.8 Å². The normalized spacial score (nSPS) is 16.9.